The van der Waals surface area contributed by atoms with Crippen molar-refractivity contribution in [2.45, 2.75) is 38.5 Å². The van der Waals surface area contributed by atoms with Crippen LogP contribution in [0.25, 0.3) is 0 Å². The van der Waals surface area contributed by atoms with Crippen LogP contribution in [0.3, 0.4) is 0 Å². The molecule has 1 aromatic heterocycles. The summed E-state index contributed by atoms with van der Waals surface area (Å²) in [6.07, 6.45) is -2.47. The van der Waals surface area contributed by atoms with Gasteiger partial charge in [0, 0.05) is 11.7 Å². The number of aromatic nitrogens is 2. The van der Waals surface area contributed by atoms with Crippen molar-refractivity contribution in [3.05, 3.63) is 17.5 Å². The second-order valence-electron chi connectivity index (χ2n) is 4.75. The Kier molecular flexibility index (Phi) is 4.35. The van der Waals surface area contributed by atoms with Crippen molar-refractivity contribution in [1.82, 2.24) is 25.9 Å². The number of alkyl halides is 3. The van der Waals surface area contributed by atoms with Gasteiger partial charge in [-0.3, -0.25) is 20.3 Å². The Morgan fingerprint density at radius 1 is 1.48 bits per heavy atom. The number of carbonyl (C=O) groups is 1. The normalized spacial score (nSPS) is 14.7. The monoisotopic (exact) mass is 321 g/mol. The molecule has 0 atom stereocenters. The molecular weight excluding hydrogens is 307 g/mol. The summed E-state index contributed by atoms with van der Waals surface area (Å²) in [6.45, 7) is 1.11. The molecule has 1 amide bonds. The van der Waals surface area contributed by atoms with Crippen LogP contribution >= 0.6 is 12.2 Å². The Bertz CT molecular complexity index is 553. The zero-order valence-corrected chi connectivity index (χ0v) is 11.9. The minimum absolute atomic E-state index is 0.246. The third-order valence-electron chi connectivity index (χ3n) is 2.79. The topological polar surface area (TPSA) is 71.0 Å². The largest absolute Gasteiger partial charge is 0.435 e. The molecule has 0 bridgehead atoms. The van der Waals surface area contributed by atoms with Gasteiger partial charge in [-0.25, -0.2) is 0 Å². The molecule has 116 valence electrons. The number of hydrazine groups is 1. The summed E-state index contributed by atoms with van der Waals surface area (Å²) >= 11 is 4.92. The van der Waals surface area contributed by atoms with E-state index in [2.05, 4.69) is 21.3 Å². The van der Waals surface area contributed by atoms with E-state index in [1.54, 1.807) is 0 Å². The van der Waals surface area contributed by atoms with Gasteiger partial charge in [-0.05, 0) is 38.0 Å². The van der Waals surface area contributed by atoms with E-state index in [0.717, 1.165) is 23.6 Å². The molecule has 3 N–H and O–H groups in total. The zero-order valence-electron chi connectivity index (χ0n) is 11.1. The molecule has 6 nitrogen and oxygen atoms in total. The predicted molar refractivity (Wildman–Crippen MR) is 72.0 cm³/mol. The Hall–Kier alpha value is -1.84. The summed E-state index contributed by atoms with van der Waals surface area (Å²) in [5, 5.41) is 6.58. The number of nitrogens with zero attached hydrogens (tertiary/aromatic N) is 2. The van der Waals surface area contributed by atoms with Gasteiger partial charge < -0.3 is 5.32 Å². The van der Waals surface area contributed by atoms with Crippen LogP contribution in [0.2, 0.25) is 0 Å². The number of amides is 1. The van der Waals surface area contributed by atoms with Crippen LogP contribution in [0.15, 0.2) is 6.07 Å². The van der Waals surface area contributed by atoms with Crippen molar-refractivity contribution in [1.29, 1.82) is 0 Å². The molecule has 0 aliphatic heterocycles. The van der Waals surface area contributed by atoms with Gasteiger partial charge in [0.1, 0.15) is 6.54 Å². The molecule has 0 unspecified atom stereocenters. The molecule has 10 heteroatoms. The minimum atomic E-state index is -4.53. The van der Waals surface area contributed by atoms with Crippen LogP contribution in [0.5, 0.6) is 0 Å². The van der Waals surface area contributed by atoms with Crippen molar-refractivity contribution in [2.75, 3.05) is 0 Å². The van der Waals surface area contributed by atoms with Crippen molar-refractivity contribution < 1.29 is 18.0 Å². The van der Waals surface area contributed by atoms with E-state index >= 15 is 0 Å². The highest BCUT2D eigenvalue weighted by molar-refractivity contribution is 7.80. The van der Waals surface area contributed by atoms with Crippen LogP contribution in [0.1, 0.15) is 24.2 Å². The van der Waals surface area contributed by atoms with Gasteiger partial charge in [0.25, 0.3) is 5.91 Å². The van der Waals surface area contributed by atoms with Crippen LogP contribution in [0.4, 0.5) is 13.2 Å². The summed E-state index contributed by atoms with van der Waals surface area (Å²) in [5.74, 6) is -0.546. The van der Waals surface area contributed by atoms with E-state index in [0.29, 0.717) is 6.04 Å². The average Bonchev–Trinajstić information content (AvgIpc) is 3.09. The van der Waals surface area contributed by atoms with Crippen molar-refractivity contribution >= 4 is 23.2 Å². The zero-order chi connectivity index (χ0) is 15.6. The smallest absolute Gasteiger partial charge is 0.359 e. The first-order valence-electron chi connectivity index (χ1n) is 6.22. The van der Waals surface area contributed by atoms with Gasteiger partial charge in [0.15, 0.2) is 10.8 Å². The first kappa shape index (κ1) is 15.5. The number of rotatable bonds is 3. The summed E-state index contributed by atoms with van der Waals surface area (Å²) in [7, 11) is 0. The van der Waals surface area contributed by atoms with Crippen LogP contribution < -0.4 is 16.2 Å². The van der Waals surface area contributed by atoms with E-state index < -0.39 is 17.8 Å². The summed E-state index contributed by atoms with van der Waals surface area (Å²) in [5.41, 5.74) is 4.02. The molecule has 0 aromatic carbocycles. The third kappa shape index (κ3) is 4.59. The highest BCUT2D eigenvalue weighted by Crippen LogP contribution is 2.28. The maximum Gasteiger partial charge on any atom is 0.435 e. The van der Waals surface area contributed by atoms with Gasteiger partial charge in [0.2, 0.25) is 0 Å². The number of hydrogen-bond donors (Lipinski definition) is 3. The quantitative estimate of drug-likeness (QED) is 0.569. The lowest BCUT2D eigenvalue weighted by molar-refractivity contribution is -0.141. The summed E-state index contributed by atoms with van der Waals surface area (Å²) in [4.78, 5) is 11.6. The van der Waals surface area contributed by atoms with Crippen LogP contribution in [-0.4, -0.2) is 26.8 Å². The molecule has 0 spiro atoms. The van der Waals surface area contributed by atoms with E-state index in [-0.39, 0.29) is 17.4 Å². The van der Waals surface area contributed by atoms with E-state index in [4.69, 9.17) is 12.2 Å². The Balaban J connectivity index is 1.84. The van der Waals surface area contributed by atoms with Gasteiger partial charge in [-0.1, -0.05) is 0 Å². The predicted octanol–water partition coefficient (Wildman–Crippen LogP) is 0.868. The highest BCUT2D eigenvalue weighted by atomic mass is 32.1. The maximum atomic E-state index is 12.5. The van der Waals surface area contributed by atoms with Gasteiger partial charge >= 0.3 is 6.18 Å². The fourth-order valence-corrected chi connectivity index (χ4v) is 1.78. The van der Waals surface area contributed by atoms with E-state index in [9.17, 15) is 18.0 Å². The SMILES string of the molecule is Cc1cc(C(F)(F)F)nn1CC(=O)NNC(=S)NC1CC1. The van der Waals surface area contributed by atoms with E-state index in [1.807, 2.05) is 0 Å². The van der Waals surface area contributed by atoms with Crippen LogP contribution in [-0.2, 0) is 17.5 Å². The second-order valence-corrected chi connectivity index (χ2v) is 5.16. The van der Waals surface area contributed by atoms with Crippen molar-refractivity contribution in [3.8, 4) is 0 Å². The fraction of sp³-hybridized carbons (Fsp3) is 0.545. The van der Waals surface area contributed by atoms with Gasteiger partial charge in [-0.2, -0.15) is 18.3 Å². The molecule has 21 heavy (non-hydrogen) atoms. The highest BCUT2D eigenvalue weighted by Gasteiger charge is 2.34. The number of halogens is 3. The lowest BCUT2D eigenvalue weighted by Crippen LogP contribution is -2.48. The summed E-state index contributed by atoms with van der Waals surface area (Å²) in [6, 6.07) is 1.23. The third-order valence-corrected chi connectivity index (χ3v) is 3.01. The molecule has 1 fully saturated rings. The van der Waals surface area contributed by atoms with Crippen molar-refractivity contribution in [3.63, 3.8) is 0 Å². The molecule has 1 aliphatic carbocycles. The number of nitrogens with one attached hydrogen (secondary N) is 3. The molecule has 1 saturated carbocycles. The number of thiocarbonyl (C=S) groups is 1. The Morgan fingerprint density at radius 3 is 2.67 bits per heavy atom. The molecule has 1 aliphatic rings. The average molecular weight is 321 g/mol. The second kappa shape index (κ2) is 5.88. The lowest BCUT2D eigenvalue weighted by atomic mass is 10.3. The molecule has 1 aromatic rings. The van der Waals surface area contributed by atoms with Gasteiger partial charge in [-0.15, -0.1) is 0 Å². The molecule has 2 rings (SSSR count). The molecular formula is C11H14F3N5OS. The number of carbonyl (C=O) groups excluding carboxylic acids is 1. The standard InChI is InChI=1S/C11H14F3N5OS/c1-6-4-8(11(12,13)14)18-19(6)5-9(20)16-17-10(21)15-7-2-3-7/h4,7H,2-3,5H2,1H3,(H,16,20)(H2,15,17,21). The van der Waals surface area contributed by atoms with Crippen LogP contribution in [0, 0.1) is 6.92 Å². The fourth-order valence-electron chi connectivity index (χ4n) is 1.56. The van der Waals surface area contributed by atoms with E-state index in [1.165, 1.54) is 6.92 Å². The van der Waals surface area contributed by atoms with Crippen molar-refractivity contribution in [2.24, 2.45) is 0 Å². The number of aryl methyl sites for hydroxylation is 1. The Labute approximate surface area is 124 Å². The Morgan fingerprint density at radius 2 is 2.14 bits per heavy atom. The molecule has 0 radical (unpaired) electrons. The maximum absolute atomic E-state index is 12.5. The van der Waals surface area contributed by atoms with Gasteiger partial charge in [0.05, 0.1) is 0 Å². The minimum Gasteiger partial charge on any atom is -0.359 e. The first-order chi connectivity index (χ1) is 9.75. The molecule has 1 heterocycles. The summed E-state index contributed by atoms with van der Waals surface area (Å²) < 4.78 is 38.4. The first-order valence-corrected chi connectivity index (χ1v) is 6.63. The molecule has 0 saturated heterocycles. The number of hydrogen-bond acceptors (Lipinski definition) is 3. The lowest BCUT2D eigenvalue weighted by Gasteiger charge is -2.11.